The van der Waals surface area contributed by atoms with Gasteiger partial charge in [0.15, 0.2) is 11.4 Å². The number of carbonyl (C=O) groups is 3. The largest absolute Gasteiger partial charge is 0.466 e. The molecule has 0 aliphatic carbocycles. The van der Waals surface area contributed by atoms with E-state index in [4.69, 9.17) is 9.47 Å². The van der Waals surface area contributed by atoms with Crippen molar-refractivity contribution in [2.24, 2.45) is 5.92 Å². The number of carbonyl (C=O) groups excluding carboxylic acids is 3. The van der Waals surface area contributed by atoms with Crippen LogP contribution in [0.4, 0.5) is 0 Å². The van der Waals surface area contributed by atoms with Crippen LogP contribution in [0.15, 0.2) is 34.9 Å². The third kappa shape index (κ3) is 4.71. The number of esters is 2. The van der Waals surface area contributed by atoms with Gasteiger partial charge in [0.25, 0.3) is 0 Å². The minimum absolute atomic E-state index is 0.130. The van der Waals surface area contributed by atoms with E-state index in [1.165, 1.54) is 7.11 Å². The lowest BCUT2D eigenvalue weighted by Crippen LogP contribution is -2.40. The summed E-state index contributed by atoms with van der Waals surface area (Å²) in [4.78, 5) is 37.3. The van der Waals surface area contributed by atoms with Crippen molar-refractivity contribution in [2.45, 2.75) is 64.9 Å². The maximum absolute atomic E-state index is 12.7. The Morgan fingerprint density at radius 2 is 1.88 bits per heavy atom. The first kappa shape index (κ1) is 20.1. The zero-order chi connectivity index (χ0) is 19.3. The van der Waals surface area contributed by atoms with E-state index < -0.39 is 17.5 Å². The van der Waals surface area contributed by atoms with Gasteiger partial charge in [0, 0.05) is 17.6 Å². The number of ketones is 1. The number of ether oxygens (including phenoxy) is 2. The molecule has 142 valence electrons. The molecular formula is C21H28O5. The summed E-state index contributed by atoms with van der Waals surface area (Å²) in [5.41, 5.74) is 1.08. The van der Waals surface area contributed by atoms with Gasteiger partial charge in [-0.1, -0.05) is 37.6 Å². The molecule has 2 rings (SSSR count). The van der Waals surface area contributed by atoms with Crippen molar-refractivity contribution in [1.29, 1.82) is 0 Å². The van der Waals surface area contributed by atoms with Crippen molar-refractivity contribution < 1.29 is 23.9 Å². The minimum Gasteiger partial charge on any atom is -0.466 e. The van der Waals surface area contributed by atoms with Crippen LogP contribution in [-0.2, 0) is 23.9 Å². The van der Waals surface area contributed by atoms with Crippen LogP contribution in [-0.4, -0.2) is 30.4 Å². The second-order valence-corrected chi connectivity index (χ2v) is 7.39. The first-order valence-corrected chi connectivity index (χ1v) is 9.20. The molecule has 0 saturated carbocycles. The Kier molecular flexibility index (Phi) is 6.57. The van der Waals surface area contributed by atoms with Crippen molar-refractivity contribution in [3.05, 3.63) is 34.9 Å². The Morgan fingerprint density at radius 1 is 1.15 bits per heavy atom. The molecule has 2 aliphatic rings. The summed E-state index contributed by atoms with van der Waals surface area (Å²) in [6.45, 7) is 5.83. The van der Waals surface area contributed by atoms with Crippen LogP contribution in [0, 0.1) is 5.92 Å². The van der Waals surface area contributed by atoms with Gasteiger partial charge in [-0.3, -0.25) is 4.79 Å². The molecule has 0 aromatic carbocycles. The molecule has 0 N–H and O–H groups in total. The smallest absolute Gasteiger partial charge is 0.334 e. The Hall–Kier alpha value is -2.17. The van der Waals surface area contributed by atoms with E-state index in [0.29, 0.717) is 36.8 Å². The van der Waals surface area contributed by atoms with Gasteiger partial charge in [-0.25, -0.2) is 9.59 Å². The second kappa shape index (κ2) is 8.47. The molecule has 0 amide bonds. The lowest BCUT2D eigenvalue weighted by molar-refractivity contribution is -0.162. The van der Waals surface area contributed by atoms with E-state index in [9.17, 15) is 14.4 Å². The standard InChI is InChI=1S/C21H28O5/c1-14(2)15-7-9-16-6-5-13-21(3,26-20(16)24)18(22)12-11-17(10-8-15)19(23)25-4/h6,8,10,14H,5,7,9,11-13H2,1-4H3/b15-8-,17-10+. The summed E-state index contributed by atoms with van der Waals surface area (Å²) in [5, 5.41) is 0. The first-order chi connectivity index (χ1) is 12.3. The van der Waals surface area contributed by atoms with Gasteiger partial charge < -0.3 is 9.47 Å². The number of rotatable bonds is 2. The molecule has 5 heteroatoms. The number of allylic oxidation sites excluding steroid dienone is 4. The molecule has 0 radical (unpaired) electrons. The van der Waals surface area contributed by atoms with E-state index in [0.717, 1.165) is 5.57 Å². The van der Waals surface area contributed by atoms with Gasteiger partial charge in [0.2, 0.25) is 0 Å². The highest BCUT2D eigenvalue weighted by Gasteiger charge is 2.38. The summed E-state index contributed by atoms with van der Waals surface area (Å²) in [6.07, 6.45) is 8.33. The Balaban J connectivity index is 2.42. The lowest BCUT2D eigenvalue weighted by atomic mass is 9.90. The normalized spacial score (nSPS) is 29.0. The highest BCUT2D eigenvalue weighted by atomic mass is 16.6. The number of fused-ring (bicyclic) bond motifs is 3. The fourth-order valence-electron chi connectivity index (χ4n) is 3.28. The number of hydrogen-bond donors (Lipinski definition) is 0. The quantitative estimate of drug-likeness (QED) is 0.700. The predicted molar refractivity (Wildman–Crippen MR) is 98.3 cm³/mol. The number of hydrogen-bond acceptors (Lipinski definition) is 5. The summed E-state index contributed by atoms with van der Waals surface area (Å²) >= 11 is 0. The van der Waals surface area contributed by atoms with E-state index in [-0.39, 0.29) is 24.5 Å². The van der Waals surface area contributed by atoms with Crippen LogP contribution >= 0.6 is 0 Å². The molecule has 0 aromatic heterocycles. The second-order valence-electron chi connectivity index (χ2n) is 7.39. The average Bonchev–Trinajstić information content (AvgIpc) is 2.74. The summed E-state index contributed by atoms with van der Waals surface area (Å²) in [7, 11) is 1.33. The fraction of sp³-hybridized carbons (Fsp3) is 0.571. The van der Waals surface area contributed by atoms with Crippen molar-refractivity contribution in [2.75, 3.05) is 7.11 Å². The highest BCUT2D eigenvalue weighted by molar-refractivity contribution is 5.96. The Bertz CT molecular complexity index is 681. The summed E-state index contributed by atoms with van der Waals surface area (Å²) in [6, 6.07) is 0. The molecule has 1 unspecified atom stereocenters. The Morgan fingerprint density at radius 3 is 2.54 bits per heavy atom. The monoisotopic (exact) mass is 360 g/mol. The van der Waals surface area contributed by atoms with E-state index in [1.807, 2.05) is 12.2 Å². The number of Topliss-reactive ketones (excluding diaryl/α,β-unsaturated/α-hetero) is 1. The fourth-order valence-corrected chi connectivity index (χ4v) is 3.28. The van der Waals surface area contributed by atoms with Crippen molar-refractivity contribution in [3.63, 3.8) is 0 Å². The van der Waals surface area contributed by atoms with Crippen LogP contribution < -0.4 is 0 Å². The molecule has 2 bridgehead atoms. The molecule has 2 heterocycles. The zero-order valence-corrected chi connectivity index (χ0v) is 16.1. The molecule has 5 nitrogen and oxygen atoms in total. The van der Waals surface area contributed by atoms with Gasteiger partial charge >= 0.3 is 11.9 Å². The molecule has 0 spiro atoms. The Labute approximate surface area is 155 Å². The van der Waals surface area contributed by atoms with Crippen molar-refractivity contribution in [3.8, 4) is 0 Å². The van der Waals surface area contributed by atoms with E-state index >= 15 is 0 Å². The van der Waals surface area contributed by atoms with E-state index in [1.54, 1.807) is 13.0 Å². The van der Waals surface area contributed by atoms with E-state index in [2.05, 4.69) is 13.8 Å². The highest BCUT2D eigenvalue weighted by Crippen LogP contribution is 2.30. The van der Waals surface area contributed by atoms with Gasteiger partial charge in [-0.2, -0.15) is 0 Å². The van der Waals surface area contributed by atoms with Gasteiger partial charge in [0.05, 0.1) is 7.11 Å². The van der Waals surface area contributed by atoms with Crippen LogP contribution in [0.3, 0.4) is 0 Å². The first-order valence-electron chi connectivity index (χ1n) is 9.20. The van der Waals surface area contributed by atoms with Crippen LogP contribution in [0.5, 0.6) is 0 Å². The minimum atomic E-state index is -1.14. The zero-order valence-electron chi connectivity index (χ0n) is 16.1. The van der Waals surface area contributed by atoms with Crippen molar-refractivity contribution in [1.82, 2.24) is 0 Å². The molecule has 0 fully saturated rings. The average molecular weight is 360 g/mol. The molecule has 0 aromatic rings. The van der Waals surface area contributed by atoms with Crippen LogP contribution in [0.1, 0.15) is 59.3 Å². The van der Waals surface area contributed by atoms with Gasteiger partial charge in [0.1, 0.15) is 0 Å². The topological polar surface area (TPSA) is 69.7 Å². The molecule has 1 atom stereocenters. The lowest BCUT2D eigenvalue weighted by Gasteiger charge is -2.26. The van der Waals surface area contributed by atoms with Gasteiger partial charge in [-0.05, 0) is 44.9 Å². The molecular weight excluding hydrogens is 332 g/mol. The third-order valence-electron chi connectivity index (χ3n) is 5.17. The molecule has 2 aliphatic heterocycles. The predicted octanol–water partition coefficient (Wildman–Crippen LogP) is 3.83. The summed E-state index contributed by atoms with van der Waals surface area (Å²) < 4.78 is 10.4. The molecule has 26 heavy (non-hydrogen) atoms. The van der Waals surface area contributed by atoms with Gasteiger partial charge in [-0.15, -0.1) is 0 Å². The van der Waals surface area contributed by atoms with Crippen LogP contribution in [0.25, 0.3) is 0 Å². The van der Waals surface area contributed by atoms with Crippen molar-refractivity contribution >= 4 is 17.7 Å². The SMILES string of the molecule is COC(=O)/C1=C/C=C(\C(C)C)CCC2=CCCC(C)(OC2=O)C(=O)CC1. The maximum atomic E-state index is 12.7. The number of methoxy groups -OCH3 is 1. The van der Waals surface area contributed by atoms with Crippen LogP contribution in [0.2, 0.25) is 0 Å². The maximum Gasteiger partial charge on any atom is 0.334 e. The molecule has 0 saturated heterocycles. The third-order valence-corrected chi connectivity index (χ3v) is 5.17. The summed E-state index contributed by atoms with van der Waals surface area (Å²) in [5.74, 6) is -0.715.